The van der Waals surface area contributed by atoms with Crippen molar-refractivity contribution in [2.75, 3.05) is 31.5 Å². The van der Waals surface area contributed by atoms with Crippen LogP contribution in [0.5, 0.6) is 0 Å². The number of hydrogen-bond acceptors (Lipinski definition) is 2. The molecule has 2 N–H and O–H groups in total. The van der Waals surface area contributed by atoms with Gasteiger partial charge in [-0.2, -0.15) is 0 Å². The minimum Gasteiger partial charge on any atom is -0.344 e. The molecule has 3 nitrogen and oxygen atoms in total. The molecule has 2 aromatic rings. The van der Waals surface area contributed by atoms with Gasteiger partial charge >= 0.3 is 0 Å². The summed E-state index contributed by atoms with van der Waals surface area (Å²) in [5.41, 5.74) is 2.32. The van der Waals surface area contributed by atoms with Gasteiger partial charge in [-0.25, -0.2) is 0 Å². The summed E-state index contributed by atoms with van der Waals surface area (Å²) in [6.07, 6.45) is 3.94. The van der Waals surface area contributed by atoms with Crippen molar-refractivity contribution >= 4 is 34.4 Å². The summed E-state index contributed by atoms with van der Waals surface area (Å²) in [4.78, 5) is 5.46. The molecule has 0 atom stereocenters. The van der Waals surface area contributed by atoms with Crippen LogP contribution in [0.25, 0.3) is 0 Å². The van der Waals surface area contributed by atoms with E-state index < -0.39 is 0 Å². The van der Waals surface area contributed by atoms with E-state index in [0.717, 1.165) is 29.8 Å². The average molecular weight is 403 g/mol. The average Bonchev–Trinajstić information content (AvgIpc) is 3.15. The van der Waals surface area contributed by atoms with Gasteiger partial charge in [0.25, 0.3) is 0 Å². The van der Waals surface area contributed by atoms with Crippen molar-refractivity contribution in [3.05, 3.63) is 52.2 Å². The highest BCUT2D eigenvalue weighted by Crippen LogP contribution is 2.15. The number of nitrogens with zero attached hydrogens (tertiary/aromatic N) is 1. The summed E-state index contributed by atoms with van der Waals surface area (Å²) >= 11 is 7.58. The molecule has 0 aliphatic carbocycles. The predicted molar refractivity (Wildman–Crippen MR) is 121 cm³/mol. The summed E-state index contributed by atoms with van der Waals surface area (Å²) in [7, 11) is 0. The Morgan fingerprint density at radius 1 is 1.26 bits per heavy atom. The van der Waals surface area contributed by atoms with E-state index in [9.17, 15) is 0 Å². The van der Waals surface area contributed by atoms with Crippen LogP contribution in [0.4, 0.5) is 5.69 Å². The maximum atomic E-state index is 5.77. The number of hydrogen-bond donors (Lipinski definition) is 2. The summed E-state index contributed by atoms with van der Waals surface area (Å²) in [5, 5.41) is 6.42. The van der Waals surface area contributed by atoms with E-state index in [1.807, 2.05) is 0 Å². The Bertz CT molecular complexity index is 706. The fourth-order valence-electron chi connectivity index (χ4n) is 3.71. The number of thiocarbonyl (C=S) groups is 1. The van der Waals surface area contributed by atoms with Gasteiger partial charge in [0.1, 0.15) is 0 Å². The van der Waals surface area contributed by atoms with Crippen LogP contribution < -0.4 is 10.2 Å². The maximum Gasteiger partial charge on any atom is 0.173 e. The van der Waals surface area contributed by atoms with Crippen molar-refractivity contribution in [2.45, 2.75) is 39.7 Å². The third kappa shape index (κ3) is 6.59. The molecule has 146 valence electrons. The van der Waals surface area contributed by atoms with Crippen LogP contribution in [0, 0.1) is 12.8 Å². The van der Waals surface area contributed by atoms with Crippen molar-refractivity contribution in [2.24, 2.45) is 5.92 Å². The van der Waals surface area contributed by atoms with E-state index in [1.165, 1.54) is 49.3 Å². The first-order valence-electron chi connectivity index (χ1n) is 10.1. The van der Waals surface area contributed by atoms with Gasteiger partial charge in [0, 0.05) is 23.5 Å². The zero-order valence-electron chi connectivity index (χ0n) is 16.5. The zero-order valence-corrected chi connectivity index (χ0v) is 18.2. The first-order valence-corrected chi connectivity index (χ1v) is 11.4. The fourth-order valence-corrected chi connectivity index (χ4v) is 4.70. The number of quaternary nitrogens is 1. The highest BCUT2D eigenvalue weighted by Gasteiger charge is 2.19. The third-order valence-electron chi connectivity index (χ3n) is 5.42. The van der Waals surface area contributed by atoms with E-state index in [1.54, 1.807) is 16.2 Å². The number of rotatable bonds is 7. The van der Waals surface area contributed by atoms with E-state index in [-0.39, 0.29) is 0 Å². The minimum atomic E-state index is 0.830. The summed E-state index contributed by atoms with van der Waals surface area (Å²) in [6, 6.07) is 12.7. The van der Waals surface area contributed by atoms with Crippen molar-refractivity contribution in [1.82, 2.24) is 4.90 Å². The molecule has 0 radical (unpaired) electrons. The first-order chi connectivity index (χ1) is 13.1. The summed E-state index contributed by atoms with van der Waals surface area (Å²) in [5.74, 6) is 0.912. The quantitative estimate of drug-likeness (QED) is 0.684. The monoisotopic (exact) mass is 402 g/mol. The van der Waals surface area contributed by atoms with Gasteiger partial charge in [-0.3, -0.25) is 0 Å². The molecule has 0 bridgehead atoms. The van der Waals surface area contributed by atoms with E-state index in [4.69, 9.17) is 12.2 Å². The van der Waals surface area contributed by atoms with Crippen LogP contribution in [0.3, 0.4) is 0 Å². The Kier molecular flexibility index (Phi) is 7.68. The molecule has 2 heterocycles. The van der Waals surface area contributed by atoms with Gasteiger partial charge in [-0.1, -0.05) is 25.1 Å². The molecule has 1 saturated heterocycles. The fraction of sp³-hybridized carbons (Fsp3) is 0.500. The van der Waals surface area contributed by atoms with Crippen LogP contribution in [-0.4, -0.2) is 36.2 Å². The van der Waals surface area contributed by atoms with Gasteiger partial charge in [-0.05, 0) is 67.0 Å². The zero-order chi connectivity index (χ0) is 19.1. The number of likely N-dealkylation sites (tertiary alicyclic amines) is 1. The Morgan fingerprint density at radius 3 is 2.78 bits per heavy atom. The molecule has 0 unspecified atom stereocenters. The van der Waals surface area contributed by atoms with E-state index in [0.29, 0.717) is 0 Å². The molecule has 0 amide bonds. The largest absolute Gasteiger partial charge is 0.344 e. The SMILES string of the molecule is Cc1cccc(NC(=S)N(CCC[NH+]2CCC(C)CC2)Cc2cccs2)c1. The Hall–Kier alpha value is -1.43. The number of nitrogens with one attached hydrogen (secondary N) is 2. The highest BCUT2D eigenvalue weighted by atomic mass is 32.1. The van der Waals surface area contributed by atoms with Gasteiger partial charge < -0.3 is 15.1 Å². The molecule has 5 heteroatoms. The lowest BCUT2D eigenvalue weighted by molar-refractivity contribution is -0.906. The molecule has 3 rings (SSSR count). The maximum absolute atomic E-state index is 5.77. The lowest BCUT2D eigenvalue weighted by atomic mass is 9.99. The number of aryl methyl sites for hydroxylation is 1. The molecule has 1 aromatic carbocycles. The molecular weight excluding hydrogens is 370 g/mol. The van der Waals surface area contributed by atoms with E-state index in [2.05, 4.69) is 65.8 Å². The van der Waals surface area contributed by atoms with E-state index >= 15 is 0 Å². The number of piperidine rings is 1. The standard InChI is InChI=1S/C22H31N3S2/c1-18-9-13-24(14-10-18)11-5-12-25(17-21-8-4-15-27-21)22(26)23-20-7-3-6-19(2)16-20/h3-4,6-8,15-16,18H,5,9-14,17H2,1-2H3,(H,23,26)/p+1. The third-order valence-corrected chi connectivity index (χ3v) is 6.64. The molecule has 27 heavy (non-hydrogen) atoms. The van der Waals surface area contributed by atoms with Crippen LogP contribution in [0.1, 0.15) is 36.6 Å². The molecule has 1 fully saturated rings. The molecule has 1 aliphatic rings. The second-order valence-electron chi connectivity index (χ2n) is 7.84. The van der Waals surface area contributed by atoms with Crippen molar-refractivity contribution in [3.63, 3.8) is 0 Å². The number of thiophene rings is 1. The summed E-state index contributed by atoms with van der Waals surface area (Å²) in [6.45, 7) is 10.3. The smallest absolute Gasteiger partial charge is 0.173 e. The number of anilines is 1. The van der Waals surface area contributed by atoms with Crippen molar-refractivity contribution < 1.29 is 4.90 Å². The van der Waals surface area contributed by atoms with Gasteiger partial charge in [0.2, 0.25) is 0 Å². The lowest BCUT2D eigenvalue weighted by Crippen LogP contribution is -3.13. The second kappa shape index (κ2) is 10.2. The molecule has 1 aromatic heterocycles. The first kappa shape index (κ1) is 20.3. The second-order valence-corrected chi connectivity index (χ2v) is 9.26. The topological polar surface area (TPSA) is 19.7 Å². The van der Waals surface area contributed by atoms with Gasteiger partial charge in [-0.15, -0.1) is 11.3 Å². The van der Waals surface area contributed by atoms with Crippen molar-refractivity contribution in [3.8, 4) is 0 Å². The van der Waals surface area contributed by atoms with Crippen LogP contribution >= 0.6 is 23.6 Å². The van der Waals surface area contributed by atoms with Crippen molar-refractivity contribution in [1.29, 1.82) is 0 Å². The normalized spacial score (nSPS) is 19.6. The molecule has 0 saturated carbocycles. The van der Waals surface area contributed by atoms with Gasteiger partial charge in [0.05, 0.1) is 26.2 Å². The molecular formula is C22H32N3S2+. The molecule has 1 aliphatic heterocycles. The minimum absolute atomic E-state index is 0.830. The Balaban J connectivity index is 1.55. The van der Waals surface area contributed by atoms with Gasteiger partial charge in [0.15, 0.2) is 5.11 Å². The predicted octanol–water partition coefficient (Wildman–Crippen LogP) is 3.96. The van der Waals surface area contributed by atoms with Crippen LogP contribution in [0.2, 0.25) is 0 Å². The summed E-state index contributed by atoms with van der Waals surface area (Å²) < 4.78 is 0. The molecule has 0 spiro atoms. The Labute approximate surface area is 173 Å². The van der Waals surface area contributed by atoms with Crippen LogP contribution in [-0.2, 0) is 6.54 Å². The highest BCUT2D eigenvalue weighted by molar-refractivity contribution is 7.80. The lowest BCUT2D eigenvalue weighted by Gasteiger charge is -2.29. The Morgan fingerprint density at radius 2 is 2.07 bits per heavy atom. The number of benzene rings is 1. The van der Waals surface area contributed by atoms with Crippen LogP contribution in [0.15, 0.2) is 41.8 Å².